The van der Waals surface area contributed by atoms with Crippen molar-refractivity contribution >= 4 is 45.6 Å². The van der Waals surface area contributed by atoms with Crippen molar-refractivity contribution in [3.8, 4) is 5.75 Å². The average molecular weight is 458 g/mol. The van der Waals surface area contributed by atoms with E-state index in [1.54, 1.807) is 17.0 Å². The Labute approximate surface area is 190 Å². The van der Waals surface area contributed by atoms with Crippen molar-refractivity contribution in [2.75, 3.05) is 31.3 Å². The molecule has 160 valence electrons. The first kappa shape index (κ1) is 20.6. The maximum Gasteiger partial charge on any atom is 0.292 e. The average Bonchev–Trinajstić information content (AvgIpc) is 3.02. The Morgan fingerprint density at radius 1 is 1.00 bits per heavy atom. The molecule has 1 amide bonds. The molecule has 7 heteroatoms. The van der Waals surface area contributed by atoms with Gasteiger partial charge in [0.05, 0.1) is 35.6 Å². The van der Waals surface area contributed by atoms with Crippen LogP contribution in [0, 0.1) is 0 Å². The highest BCUT2D eigenvalue weighted by Gasteiger charge is 2.55. The summed E-state index contributed by atoms with van der Waals surface area (Å²) in [5.74, 6) is -0.901. The number of ether oxygens (including phenoxy) is 3. The number of fused-ring (bicyclic) bond motifs is 3. The van der Waals surface area contributed by atoms with Gasteiger partial charge in [-0.15, -0.1) is 0 Å². The fourth-order valence-corrected chi connectivity index (χ4v) is 4.58. The summed E-state index contributed by atoms with van der Waals surface area (Å²) in [5, 5.41) is 3.01. The quantitative estimate of drug-likeness (QED) is 0.471. The lowest BCUT2D eigenvalue weighted by atomic mass is 10.1. The molecule has 2 aliphatic rings. The van der Waals surface area contributed by atoms with E-state index in [0.717, 1.165) is 17.6 Å². The number of rotatable bonds is 5. The summed E-state index contributed by atoms with van der Waals surface area (Å²) >= 11 is 12.7. The zero-order valence-corrected chi connectivity index (χ0v) is 18.3. The molecule has 0 atom stereocenters. The van der Waals surface area contributed by atoms with Gasteiger partial charge in [-0.2, -0.15) is 0 Å². The summed E-state index contributed by atoms with van der Waals surface area (Å²) in [6.07, 6.45) is 1.35. The fraction of sp³-hybridized carbons (Fsp3) is 0.292. The topological polar surface area (TPSA) is 48.0 Å². The van der Waals surface area contributed by atoms with Crippen molar-refractivity contribution in [2.45, 2.75) is 18.6 Å². The molecule has 0 saturated carbocycles. The van der Waals surface area contributed by atoms with Crippen molar-refractivity contribution in [1.82, 2.24) is 0 Å². The number of carbonyl (C=O) groups excluding carboxylic acids is 1. The third-order valence-electron chi connectivity index (χ3n) is 5.64. The first-order chi connectivity index (χ1) is 15.1. The zero-order valence-electron chi connectivity index (χ0n) is 16.8. The first-order valence-corrected chi connectivity index (χ1v) is 11.1. The van der Waals surface area contributed by atoms with Gasteiger partial charge in [0.2, 0.25) is 0 Å². The van der Waals surface area contributed by atoms with Crippen molar-refractivity contribution in [3.05, 3.63) is 70.2 Å². The summed E-state index contributed by atoms with van der Waals surface area (Å²) in [6, 6.07) is 17.6. The van der Waals surface area contributed by atoms with Crippen LogP contribution in [0.5, 0.6) is 5.75 Å². The zero-order chi connectivity index (χ0) is 21.4. The molecule has 5 nitrogen and oxygen atoms in total. The minimum Gasteiger partial charge on any atom is -0.494 e. The lowest BCUT2D eigenvalue weighted by Crippen LogP contribution is -2.47. The molecule has 3 aromatic carbocycles. The SMILES string of the molecule is O=C1N(CCCOc2ccc3ccccc3c2)c2c(ccc(Cl)c2Cl)C12OCCCO2. The molecule has 0 aliphatic carbocycles. The monoisotopic (exact) mass is 457 g/mol. The Balaban J connectivity index is 1.32. The molecule has 0 bridgehead atoms. The van der Waals surface area contributed by atoms with Crippen LogP contribution >= 0.6 is 23.2 Å². The first-order valence-electron chi connectivity index (χ1n) is 10.3. The Bertz CT molecular complexity index is 1140. The molecule has 0 aromatic heterocycles. The molecule has 1 saturated heterocycles. The predicted octanol–water partition coefficient (Wildman–Crippen LogP) is 5.55. The molecular formula is C24H21Cl2NO4. The van der Waals surface area contributed by atoms with Crippen LogP contribution in [0.3, 0.4) is 0 Å². The molecule has 3 aromatic rings. The molecule has 1 fully saturated rings. The number of hydrogen-bond donors (Lipinski definition) is 0. The minimum absolute atomic E-state index is 0.267. The lowest BCUT2D eigenvalue weighted by Gasteiger charge is -2.32. The van der Waals surface area contributed by atoms with E-state index >= 15 is 0 Å². The number of carbonyl (C=O) groups is 1. The van der Waals surface area contributed by atoms with E-state index < -0.39 is 5.79 Å². The molecular weight excluding hydrogens is 437 g/mol. The van der Waals surface area contributed by atoms with Crippen molar-refractivity contribution in [1.29, 1.82) is 0 Å². The molecule has 31 heavy (non-hydrogen) atoms. The van der Waals surface area contributed by atoms with Gasteiger partial charge in [0.1, 0.15) is 5.75 Å². The van der Waals surface area contributed by atoms with E-state index in [1.807, 2.05) is 30.3 Å². The van der Waals surface area contributed by atoms with Crippen LogP contribution < -0.4 is 9.64 Å². The van der Waals surface area contributed by atoms with Crippen molar-refractivity contribution in [3.63, 3.8) is 0 Å². The maximum atomic E-state index is 13.3. The number of nitrogens with zero attached hydrogens (tertiary/aromatic N) is 1. The highest BCUT2D eigenvalue weighted by molar-refractivity contribution is 6.44. The highest BCUT2D eigenvalue weighted by atomic mass is 35.5. The summed E-state index contributed by atoms with van der Waals surface area (Å²) in [6.45, 7) is 1.76. The Morgan fingerprint density at radius 2 is 1.77 bits per heavy atom. The van der Waals surface area contributed by atoms with E-state index in [1.165, 1.54) is 5.39 Å². The van der Waals surface area contributed by atoms with Gasteiger partial charge < -0.3 is 19.1 Å². The Hall–Kier alpha value is -2.31. The van der Waals surface area contributed by atoms with Gasteiger partial charge in [0.15, 0.2) is 0 Å². The van der Waals surface area contributed by atoms with Crippen molar-refractivity contribution in [2.24, 2.45) is 0 Å². The summed E-state index contributed by atoms with van der Waals surface area (Å²) in [4.78, 5) is 15.0. The maximum absolute atomic E-state index is 13.3. The third-order valence-corrected chi connectivity index (χ3v) is 6.43. The second kappa shape index (κ2) is 8.32. The van der Waals surface area contributed by atoms with E-state index in [2.05, 4.69) is 12.1 Å². The number of amides is 1. The standard InChI is InChI=1S/C24H21Cl2NO4/c25-20-10-9-19-22(21(20)26)27(23(28)24(19)30-13-4-14-31-24)11-3-12-29-18-8-7-16-5-1-2-6-17(16)15-18/h1-2,5-10,15H,3-4,11-14H2. The molecule has 2 aliphatic heterocycles. The smallest absolute Gasteiger partial charge is 0.292 e. The normalized spacial score (nSPS) is 17.4. The van der Waals surface area contributed by atoms with Gasteiger partial charge in [-0.05, 0) is 47.9 Å². The van der Waals surface area contributed by atoms with Crippen LogP contribution in [0.25, 0.3) is 10.8 Å². The van der Waals surface area contributed by atoms with Gasteiger partial charge in [-0.3, -0.25) is 4.79 Å². The molecule has 0 radical (unpaired) electrons. The number of anilines is 1. The number of halogens is 2. The summed E-state index contributed by atoms with van der Waals surface area (Å²) in [5.41, 5.74) is 1.17. The second-order valence-corrected chi connectivity index (χ2v) is 8.38. The Kier molecular flexibility index (Phi) is 5.52. The van der Waals surface area contributed by atoms with E-state index in [9.17, 15) is 4.79 Å². The van der Waals surface area contributed by atoms with Gasteiger partial charge in [-0.25, -0.2) is 0 Å². The molecule has 1 spiro atoms. The van der Waals surface area contributed by atoms with Gasteiger partial charge in [0.25, 0.3) is 11.7 Å². The summed E-state index contributed by atoms with van der Waals surface area (Å²) in [7, 11) is 0. The molecule has 5 rings (SSSR count). The molecule has 0 unspecified atom stereocenters. The minimum atomic E-state index is -1.43. The van der Waals surface area contributed by atoms with Crippen LogP contribution in [0.2, 0.25) is 10.0 Å². The fourth-order valence-electron chi connectivity index (χ4n) is 4.16. The van der Waals surface area contributed by atoms with Crippen molar-refractivity contribution < 1.29 is 19.0 Å². The van der Waals surface area contributed by atoms with Crippen LogP contribution in [-0.2, 0) is 20.1 Å². The van der Waals surface area contributed by atoms with Gasteiger partial charge in [0, 0.05) is 12.1 Å². The van der Waals surface area contributed by atoms with Crippen LogP contribution in [0.4, 0.5) is 5.69 Å². The van der Waals surface area contributed by atoms with Gasteiger partial charge >= 0.3 is 0 Å². The largest absolute Gasteiger partial charge is 0.494 e. The van der Waals surface area contributed by atoms with Gasteiger partial charge in [-0.1, -0.05) is 53.5 Å². The third kappa shape index (κ3) is 3.56. The predicted molar refractivity (Wildman–Crippen MR) is 121 cm³/mol. The number of hydrogen-bond acceptors (Lipinski definition) is 4. The van der Waals surface area contributed by atoms with E-state index in [0.29, 0.717) is 54.1 Å². The van der Waals surface area contributed by atoms with Crippen LogP contribution in [0.15, 0.2) is 54.6 Å². The highest BCUT2D eigenvalue weighted by Crippen LogP contribution is 2.50. The van der Waals surface area contributed by atoms with Crippen LogP contribution in [-0.4, -0.2) is 32.3 Å². The Morgan fingerprint density at radius 3 is 2.58 bits per heavy atom. The van der Waals surface area contributed by atoms with E-state index in [-0.39, 0.29) is 5.91 Å². The molecule has 2 heterocycles. The lowest BCUT2D eigenvalue weighted by molar-refractivity contribution is -0.256. The number of benzene rings is 3. The molecule has 0 N–H and O–H groups in total. The summed E-state index contributed by atoms with van der Waals surface area (Å²) < 4.78 is 17.6. The second-order valence-electron chi connectivity index (χ2n) is 7.59. The van der Waals surface area contributed by atoms with E-state index in [4.69, 9.17) is 37.4 Å². The van der Waals surface area contributed by atoms with Crippen LogP contribution in [0.1, 0.15) is 18.4 Å².